The lowest BCUT2D eigenvalue weighted by molar-refractivity contribution is 0.0702. The Balaban J connectivity index is 0.000000561. The molecule has 0 fully saturated rings. The van der Waals surface area contributed by atoms with Gasteiger partial charge in [0.1, 0.15) is 4.88 Å². The Morgan fingerprint density at radius 1 is 1.50 bits per heavy atom. The van der Waals surface area contributed by atoms with Gasteiger partial charge < -0.3 is 5.11 Å². The quantitative estimate of drug-likeness (QED) is 0.770. The predicted molar refractivity (Wildman–Crippen MR) is 52.0 cm³/mol. The van der Waals surface area contributed by atoms with Gasteiger partial charge in [0, 0.05) is 4.88 Å². The van der Waals surface area contributed by atoms with Crippen molar-refractivity contribution in [2.45, 2.75) is 27.2 Å². The molecule has 1 aromatic rings. The topological polar surface area (TPSA) is 37.3 Å². The van der Waals surface area contributed by atoms with Gasteiger partial charge in [-0.15, -0.1) is 11.3 Å². The number of carbonyl (C=O) groups is 1. The van der Waals surface area contributed by atoms with E-state index in [1.807, 2.05) is 26.8 Å². The van der Waals surface area contributed by atoms with E-state index in [1.165, 1.54) is 11.3 Å². The summed E-state index contributed by atoms with van der Waals surface area (Å²) in [7, 11) is 0. The van der Waals surface area contributed by atoms with Gasteiger partial charge >= 0.3 is 5.97 Å². The second kappa shape index (κ2) is 5.77. The van der Waals surface area contributed by atoms with Crippen LogP contribution < -0.4 is 0 Å². The molecule has 0 saturated heterocycles. The first-order valence-corrected chi connectivity index (χ1v) is 4.87. The van der Waals surface area contributed by atoms with Crippen molar-refractivity contribution in [1.29, 1.82) is 0 Å². The fourth-order valence-electron chi connectivity index (χ4n) is 0.683. The Bertz CT molecular complexity index is 240. The molecule has 1 N–H and O–H groups in total. The van der Waals surface area contributed by atoms with Crippen molar-refractivity contribution >= 4 is 17.3 Å². The lowest BCUT2D eigenvalue weighted by atomic mass is 10.4. The second-order valence-corrected chi connectivity index (χ2v) is 3.09. The molecule has 3 heteroatoms. The SMILES string of the molecule is CC.CCc1ccc(C(=O)O)s1. The molecule has 0 aromatic carbocycles. The van der Waals surface area contributed by atoms with Gasteiger partial charge in [0.05, 0.1) is 0 Å². The number of hydrogen-bond acceptors (Lipinski definition) is 2. The number of carboxylic acids is 1. The minimum absolute atomic E-state index is 0.428. The fraction of sp³-hybridized carbons (Fsp3) is 0.444. The summed E-state index contributed by atoms with van der Waals surface area (Å²) in [5.41, 5.74) is 0. The van der Waals surface area contributed by atoms with E-state index in [9.17, 15) is 4.79 Å². The average molecular weight is 186 g/mol. The molecule has 2 nitrogen and oxygen atoms in total. The first-order chi connectivity index (χ1) is 5.74. The van der Waals surface area contributed by atoms with E-state index in [4.69, 9.17) is 5.11 Å². The third-order valence-electron chi connectivity index (χ3n) is 1.22. The molecule has 0 radical (unpaired) electrons. The van der Waals surface area contributed by atoms with E-state index in [-0.39, 0.29) is 0 Å². The third-order valence-corrected chi connectivity index (χ3v) is 2.44. The number of carboxylic acid groups (broad SMARTS) is 1. The molecule has 0 aliphatic carbocycles. The summed E-state index contributed by atoms with van der Waals surface area (Å²) in [5.74, 6) is -0.829. The molecular weight excluding hydrogens is 172 g/mol. The first kappa shape index (κ1) is 11.2. The maximum atomic E-state index is 10.3. The Labute approximate surface area is 76.9 Å². The third kappa shape index (κ3) is 3.05. The maximum Gasteiger partial charge on any atom is 0.345 e. The van der Waals surface area contributed by atoms with Crippen LogP contribution in [-0.2, 0) is 6.42 Å². The lowest BCUT2D eigenvalue weighted by Gasteiger charge is -1.83. The van der Waals surface area contributed by atoms with Crippen molar-refractivity contribution in [3.05, 3.63) is 21.9 Å². The van der Waals surface area contributed by atoms with E-state index in [1.54, 1.807) is 6.07 Å². The highest BCUT2D eigenvalue weighted by molar-refractivity contribution is 7.13. The van der Waals surface area contributed by atoms with Crippen LogP contribution >= 0.6 is 11.3 Å². The largest absolute Gasteiger partial charge is 0.477 e. The maximum absolute atomic E-state index is 10.3. The average Bonchev–Trinajstić information content (AvgIpc) is 2.55. The smallest absolute Gasteiger partial charge is 0.345 e. The highest BCUT2D eigenvalue weighted by Crippen LogP contribution is 2.16. The summed E-state index contributed by atoms with van der Waals surface area (Å²) in [5, 5.41) is 8.50. The molecule has 68 valence electrons. The van der Waals surface area contributed by atoms with Crippen molar-refractivity contribution in [2.24, 2.45) is 0 Å². The number of thiophene rings is 1. The molecular formula is C9H14O2S. The van der Waals surface area contributed by atoms with Crippen LogP contribution in [0.1, 0.15) is 35.3 Å². The summed E-state index contributed by atoms with van der Waals surface area (Å²) in [4.78, 5) is 11.9. The van der Waals surface area contributed by atoms with Crippen LogP contribution in [0.4, 0.5) is 0 Å². The Hall–Kier alpha value is -0.830. The van der Waals surface area contributed by atoms with Crippen LogP contribution in [0.5, 0.6) is 0 Å². The molecule has 0 aliphatic heterocycles. The molecule has 0 bridgehead atoms. The molecule has 12 heavy (non-hydrogen) atoms. The Morgan fingerprint density at radius 3 is 2.33 bits per heavy atom. The van der Waals surface area contributed by atoms with Gasteiger partial charge in [0.25, 0.3) is 0 Å². The zero-order valence-corrected chi connectivity index (χ0v) is 8.44. The standard InChI is InChI=1S/C7H8O2S.C2H6/c1-2-5-3-4-6(10-5)7(8)9;1-2/h3-4H,2H2,1H3,(H,8,9);1-2H3. The van der Waals surface area contributed by atoms with Crippen LogP contribution in [-0.4, -0.2) is 11.1 Å². The predicted octanol–water partition coefficient (Wildman–Crippen LogP) is 3.03. The van der Waals surface area contributed by atoms with E-state index in [2.05, 4.69) is 0 Å². The fourth-order valence-corrected chi connectivity index (χ4v) is 1.47. The monoisotopic (exact) mass is 186 g/mol. The Kier molecular flexibility index (Phi) is 5.37. The minimum atomic E-state index is -0.829. The van der Waals surface area contributed by atoms with Gasteiger partial charge in [-0.2, -0.15) is 0 Å². The summed E-state index contributed by atoms with van der Waals surface area (Å²) in [6.07, 6.45) is 0.915. The van der Waals surface area contributed by atoms with Gasteiger partial charge in [0.15, 0.2) is 0 Å². The normalized spacial score (nSPS) is 8.58. The zero-order valence-electron chi connectivity index (χ0n) is 7.63. The summed E-state index contributed by atoms with van der Waals surface area (Å²) in [6, 6.07) is 3.50. The van der Waals surface area contributed by atoms with E-state index >= 15 is 0 Å². The molecule has 1 rings (SSSR count). The molecule has 0 amide bonds. The number of aryl methyl sites for hydroxylation is 1. The van der Waals surface area contributed by atoms with Crippen molar-refractivity contribution in [2.75, 3.05) is 0 Å². The van der Waals surface area contributed by atoms with Crippen LogP contribution in [0.15, 0.2) is 12.1 Å². The number of rotatable bonds is 2. The van der Waals surface area contributed by atoms with Crippen LogP contribution in [0.25, 0.3) is 0 Å². The molecule has 1 aromatic heterocycles. The minimum Gasteiger partial charge on any atom is -0.477 e. The van der Waals surface area contributed by atoms with Gasteiger partial charge in [-0.05, 0) is 18.6 Å². The van der Waals surface area contributed by atoms with Crippen LogP contribution in [0.2, 0.25) is 0 Å². The van der Waals surface area contributed by atoms with Crippen molar-refractivity contribution in [3.63, 3.8) is 0 Å². The molecule has 1 heterocycles. The number of hydrogen-bond donors (Lipinski definition) is 1. The van der Waals surface area contributed by atoms with E-state index in [0.717, 1.165) is 11.3 Å². The van der Waals surface area contributed by atoms with Gasteiger partial charge in [-0.25, -0.2) is 4.79 Å². The molecule has 0 saturated carbocycles. The van der Waals surface area contributed by atoms with Gasteiger partial charge in [-0.3, -0.25) is 0 Å². The van der Waals surface area contributed by atoms with E-state index < -0.39 is 5.97 Å². The summed E-state index contributed by atoms with van der Waals surface area (Å²) < 4.78 is 0. The van der Waals surface area contributed by atoms with E-state index in [0.29, 0.717) is 4.88 Å². The van der Waals surface area contributed by atoms with Crippen LogP contribution in [0.3, 0.4) is 0 Å². The first-order valence-electron chi connectivity index (χ1n) is 4.06. The molecule has 0 spiro atoms. The highest BCUT2D eigenvalue weighted by Gasteiger charge is 2.04. The zero-order chi connectivity index (χ0) is 9.56. The van der Waals surface area contributed by atoms with Crippen molar-refractivity contribution < 1.29 is 9.90 Å². The van der Waals surface area contributed by atoms with Crippen molar-refractivity contribution in [3.8, 4) is 0 Å². The molecule has 0 unspecified atom stereocenters. The highest BCUT2D eigenvalue weighted by atomic mass is 32.1. The summed E-state index contributed by atoms with van der Waals surface area (Å²) >= 11 is 1.34. The molecule has 0 atom stereocenters. The number of aromatic carboxylic acids is 1. The van der Waals surface area contributed by atoms with Crippen molar-refractivity contribution in [1.82, 2.24) is 0 Å². The van der Waals surface area contributed by atoms with Gasteiger partial charge in [-0.1, -0.05) is 20.8 Å². The van der Waals surface area contributed by atoms with Gasteiger partial charge in [0.2, 0.25) is 0 Å². The van der Waals surface area contributed by atoms with Crippen LogP contribution in [0, 0.1) is 0 Å². The lowest BCUT2D eigenvalue weighted by Crippen LogP contribution is -1.89. The second-order valence-electron chi connectivity index (χ2n) is 1.92. The molecule has 0 aliphatic rings. The summed E-state index contributed by atoms with van der Waals surface area (Å²) in [6.45, 7) is 6.01. The Morgan fingerprint density at radius 2 is 2.08 bits per heavy atom.